The lowest BCUT2D eigenvalue weighted by molar-refractivity contribution is -0.192. The number of aliphatic carboxylic acids is 1. The van der Waals surface area contributed by atoms with Gasteiger partial charge < -0.3 is 25.1 Å². The highest BCUT2D eigenvalue weighted by molar-refractivity contribution is 6.07. The van der Waals surface area contributed by atoms with Gasteiger partial charge in [0.2, 0.25) is 0 Å². The Bertz CT molecular complexity index is 1450. The Balaban J connectivity index is 0.000000426. The summed E-state index contributed by atoms with van der Waals surface area (Å²) in [5.74, 6) is -3.11. The molecule has 3 N–H and O–H groups in total. The van der Waals surface area contributed by atoms with Gasteiger partial charge in [-0.15, -0.1) is 0 Å². The van der Waals surface area contributed by atoms with Crippen molar-refractivity contribution in [3.8, 4) is 17.2 Å². The van der Waals surface area contributed by atoms with Crippen LogP contribution in [0.3, 0.4) is 0 Å². The molecule has 1 unspecified atom stereocenters. The third kappa shape index (κ3) is 4.92. The minimum absolute atomic E-state index is 0.0418. The van der Waals surface area contributed by atoms with E-state index in [0.717, 1.165) is 0 Å². The van der Waals surface area contributed by atoms with Gasteiger partial charge in [-0.3, -0.25) is 4.79 Å². The fraction of sp³-hybridized carbons (Fsp3) is 0.222. The van der Waals surface area contributed by atoms with Crippen LogP contribution in [0, 0.1) is 5.92 Å². The molecule has 0 fully saturated rings. The van der Waals surface area contributed by atoms with Crippen molar-refractivity contribution in [1.29, 1.82) is 0 Å². The number of halogens is 3. The molecule has 11 heteroatoms. The Labute approximate surface area is 214 Å². The zero-order valence-electron chi connectivity index (χ0n) is 20.1. The number of carbonyl (C=O) groups excluding carboxylic acids is 2. The first-order valence-corrected chi connectivity index (χ1v) is 11.4. The number of ether oxygens (including phenoxy) is 3. The first-order valence-electron chi connectivity index (χ1n) is 11.4. The van der Waals surface area contributed by atoms with Crippen LogP contribution >= 0.6 is 0 Å². The molecule has 3 aromatic carbocycles. The molecule has 0 aromatic heterocycles. The van der Waals surface area contributed by atoms with Crippen LogP contribution in [-0.2, 0) is 15.4 Å². The largest absolute Gasteiger partial charge is 0.490 e. The Hall–Kier alpha value is -4.38. The van der Waals surface area contributed by atoms with Gasteiger partial charge in [0.25, 0.3) is 5.79 Å². The van der Waals surface area contributed by atoms with Gasteiger partial charge in [-0.05, 0) is 30.2 Å². The monoisotopic (exact) mass is 529 g/mol. The molecule has 5 rings (SSSR count). The van der Waals surface area contributed by atoms with Gasteiger partial charge in [0, 0.05) is 17.0 Å². The van der Waals surface area contributed by atoms with E-state index in [2.05, 4.69) is 0 Å². The van der Waals surface area contributed by atoms with Crippen molar-refractivity contribution in [3.63, 3.8) is 0 Å². The second kappa shape index (κ2) is 9.82. The SMILES string of the molecule is CC(C)[C@H](N)C(=O)Oc1ccc2c3c(cccc13)OC1(C=CC(=O)c3ccccc31)O2.O=C(O)C(F)(F)F. The summed E-state index contributed by atoms with van der Waals surface area (Å²) >= 11 is 0. The van der Waals surface area contributed by atoms with Crippen molar-refractivity contribution in [2.75, 3.05) is 0 Å². The van der Waals surface area contributed by atoms with Crippen molar-refractivity contribution in [3.05, 3.63) is 77.9 Å². The molecule has 0 amide bonds. The number of rotatable bonds is 3. The van der Waals surface area contributed by atoms with E-state index in [1.807, 2.05) is 50.2 Å². The number of carbonyl (C=O) groups is 3. The molecule has 38 heavy (non-hydrogen) atoms. The summed E-state index contributed by atoms with van der Waals surface area (Å²) in [5.41, 5.74) is 7.12. The van der Waals surface area contributed by atoms with Crippen molar-refractivity contribution < 1.29 is 46.9 Å². The fourth-order valence-corrected chi connectivity index (χ4v) is 3.92. The first kappa shape index (κ1) is 26.7. The van der Waals surface area contributed by atoms with Crippen LogP contribution in [0.1, 0.15) is 29.8 Å². The van der Waals surface area contributed by atoms with Crippen LogP contribution in [0.5, 0.6) is 17.2 Å². The smallest absolute Gasteiger partial charge is 0.475 e. The van der Waals surface area contributed by atoms with Gasteiger partial charge in [0.05, 0.1) is 10.9 Å². The van der Waals surface area contributed by atoms with Gasteiger partial charge in [-0.1, -0.05) is 50.2 Å². The summed E-state index contributed by atoms with van der Waals surface area (Å²) in [6, 6.07) is 15.4. The van der Waals surface area contributed by atoms with E-state index in [-0.39, 0.29) is 11.7 Å². The molecule has 1 spiro atoms. The topological polar surface area (TPSA) is 125 Å². The number of alkyl halides is 3. The minimum Gasteiger partial charge on any atom is -0.475 e. The molecule has 0 radical (unpaired) electrons. The van der Waals surface area contributed by atoms with E-state index in [1.165, 1.54) is 6.08 Å². The van der Waals surface area contributed by atoms with Crippen molar-refractivity contribution >= 4 is 28.5 Å². The Morgan fingerprint density at radius 1 is 1.00 bits per heavy atom. The molecule has 1 aliphatic carbocycles. The molecule has 8 nitrogen and oxygen atoms in total. The molecule has 198 valence electrons. The van der Waals surface area contributed by atoms with E-state index in [4.69, 9.17) is 29.8 Å². The predicted octanol–water partition coefficient (Wildman–Crippen LogP) is 4.74. The lowest BCUT2D eigenvalue weighted by Gasteiger charge is -2.39. The number of hydrogen-bond donors (Lipinski definition) is 2. The fourth-order valence-electron chi connectivity index (χ4n) is 3.92. The van der Waals surface area contributed by atoms with E-state index in [1.54, 1.807) is 24.3 Å². The summed E-state index contributed by atoms with van der Waals surface area (Å²) in [5, 5.41) is 8.50. The number of esters is 1. The normalized spacial score (nSPS) is 18.1. The number of hydrogen-bond acceptors (Lipinski definition) is 7. The van der Waals surface area contributed by atoms with E-state index < -0.39 is 29.9 Å². The minimum atomic E-state index is -5.08. The van der Waals surface area contributed by atoms with Gasteiger partial charge >= 0.3 is 18.1 Å². The number of fused-ring (bicyclic) bond motifs is 2. The molecule has 0 saturated heterocycles. The quantitative estimate of drug-likeness (QED) is 0.368. The molecule has 1 heterocycles. The van der Waals surface area contributed by atoms with Gasteiger partial charge in [0.1, 0.15) is 23.3 Å². The summed E-state index contributed by atoms with van der Waals surface area (Å²) in [6.07, 6.45) is -1.98. The lowest BCUT2D eigenvalue weighted by Crippen LogP contribution is -2.42. The molecule has 1 aliphatic heterocycles. The third-order valence-corrected chi connectivity index (χ3v) is 5.91. The maximum Gasteiger partial charge on any atom is 0.490 e. The van der Waals surface area contributed by atoms with Crippen LogP contribution in [0.25, 0.3) is 10.8 Å². The first-order chi connectivity index (χ1) is 17.8. The zero-order valence-corrected chi connectivity index (χ0v) is 20.1. The molecule has 3 aromatic rings. The van der Waals surface area contributed by atoms with Crippen molar-refractivity contribution in [2.45, 2.75) is 31.9 Å². The molecule has 0 saturated carbocycles. The Morgan fingerprint density at radius 2 is 1.63 bits per heavy atom. The highest BCUT2D eigenvalue weighted by atomic mass is 19.4. The maximum atomic E-state index is 12.4. The average molecular weight is 529 g/mol. The zero-order chi connectivity index (χ0) is 27.8. The number of nitrogens with two attached hydrogens (primary N) is 1. The third-order valence-electron chi connectivity index (χ3n) is 5.91. The lowest BCUT2D eigenvalue weighted by atomic mass is 9.90. The predicted molar refractivity (Wildman–Crippen MR) is 129 cm³/mol. The van der Waals surface area contributed by atoms with Gasteiger partial charge in [0.15, 0.2) is 5.78 Å². The number of allylic oxidation sites excluding steroid dienone is 1. The highest BCUT2D eigenvalue weighted by Gasteiger charge is 2.44. The highest BCUT2D eigenvalue weighted by Crippen LogP contribution is 2.49. The van der Waals surface area contributed by atoms with Crippen LogP contribution in [-0.4, -0.2) is 35.0 Å². The average Bonchev–Trinajstić information content (AvgIpc) is 2.87. The number of benzene rings is 3. The van der Waals surface area contributed by atoms with E-state index in [9.17, 15) is 22.8 Å². The number of carboxylic acids is 1. The summed E-state index contributed by atoms with van der Waals surface area (Å²) in [7, 11) is 0. The second-order valence-corrected chi connectivity index (χ2v) is 8.85. The van der Waals surface area contributed by atoms with Crippen LogP contribution < -0.4 is 19.9 Å². The number of ketones is 1. The van der Waals surface area contributed by atoms with Crippen molar-refractivity contribution in [1.82, 2.24) is 0 Å². The van der Waals surface area contributed by atoms with E-state index in [0.29, 0.717) is 39.1 Å². The van der Waals surface area contributed by atoms with Crippen LogP contribution in [0.15, 0.2) is 66.7 Å². The maximum absolute atomic E-state index is 12.4. The molecular formula is C27H22F3NO7. The molecule has 0 bridgehead atoms. The van der Waals surface area contributed by atoms with Gasteiger partial charge in [-0.25, -0.2) is 9.59 Å². The Kier molecular flexibility index (Phi) is 6.90. The molecule has 2 aliphatic rings. The van der Waals surface area contributed by atoms with Crippen LogP contribution in [0.2, 0.25) is 0 Å². The van der Waals surface area contributed by atoms with Crippen LogP contribution in [0.4, 0.5) is 13.2 Å². The summed E-state index contributed by atoms with van der Waals surface area (Å²) in [4.78, 5) is 33.6. The van der Waals surface area contributed by atoms with Crippen molar-refractivity contribution in [2.24, 2.45) is 11.7 Å². The molecular weight excluding hydrogens is 507 g/mol. The molecule has 2 atom stereocenters. The number of carboxylic acid groups (broad SMARTS) is 1. The van der Waals surface area contributed by atoms with Gasteiger partial charge in [-0.2, -0.15) is 13.2 Å². The standard InChI is InChI=1S/C25H21NO5.C2HF3O2/c1-14(2)23(26)24(28)29-19-10-11-21-22-16(19)7-5-9-20(22)30-25(31-21)13-12-18(27)15-6-3-4-8-17(15)25;3-2(4,5)1(6)7/h3-14,23H,26H2,1-2H3;(H,6,7)/t23-,25?;/m0./s1. The second-order valence-electron chi connectivity index (χ2n) is 8.85. The summed E-state index contributed by atoms with van der Waals surface area (Å²) in [6.45, 7) is 3.73. The summed E-state index contributed by atoms with van der Waals surface area (Å²) < 4.78 is 50.0. The Morgan fingerprint density at radius 3 is 2.26 bits per heavy atom. The van der Waals surface area contributed by atoms with E-state index >= 15 is 0 Å².